The molecule has 1 heterocycles. The van der Waals surface area contributed by atoms with E-state index in [2.05, 4.69) is 4.98 Å². The predicted octanol–water partition coefficient (Wildman–Crippen LogP) is 1.28. The van der Waals surface area contributed by atoms with Gasteiger partial charge in [0.15, 0.2) is 5.96 Å². The third kappa shape index (κ3) is 2.97. The maximum Gasteiger partial charge on any atom is 0.276 e. The van der Waals surface area contributed by atoms with Crippen LogP contribution >= 0.6 is 0 Å². The molecule has 0 spiro atoms. The van der Waals surface area contributed by atoms with Gasteiger partial charge < -0.3 is 15.8 Å². The largest absolute Gasteiger partial charge is 0.396 e. The number of aromatic nitrogens is 1. The van der Waals surface area contributed by atoms with E-state index in [0.717, 1.165) is 10.9 Å². The van der Waals surface area contributed by atoms with Crippen LogP contribution in [0, 0.1) is 5.41 Å². The van der Waals surface area contributed by atoms with Gasteiger partial charge in [0, 0.05) is 24.1 Å². The fourth-order valence-corrected chi connectivity index (χ4v) is 2.05. The SMILES string of the molecule is N=C(N)N(CCCCO)C(=O)c1cc2ccccc2[nH]1. The van der Waals surface area contributed by atoms with Crippen LogP contribution in [-0.2, 0) is 0 Å². The number of amides is 1. The second-order valence-electron chi connectivity index (χ2n) is 4.54. The van der Waals surface area contributed by atoms with Gasteiger partial charge in [-0.05, 0) is 25.0 Å². The Hall–Kier alpha value is -2.34. The third-order valence-corrected chi connectivity index (χ3v) is 3.09. The van der Waals surface area contributed by atoms with Crippen molar-refractivity contribution in [3.8, 4) is 0 Å². The number of unbranched alkanes of at least 4 members (excludes halogenated alkanes) is 1. The van der Waals surface area contributed by atoms with Crippen LogP contribution in [0.4, 0.5) is 0 Å². The Labute approximate surface area is 116 Å². The number of carbonyl (C=O) groups is 1. The third-order valence-electron chi connectivity index (χ3n) is 3.09. The summed E-state index contributed by atoms with van der Waals surface area (Å²) in [5.41, 5.74) is 6.74. The molecular formula is C14H18N4O2. The Morgan fingerprint density at radius 2 is 2.10 bits per heavy atom. The van der Waals surface area contributed by atoms with Crippen molar-refractivity contribution < 1.29 is 9.90 Å². The molecule has 0 aliphatic carbocycles. The number of aliphatic hydroxyl groups is 1. The number of hydrogen-bond donors (Lipinski definition) is 4. The summed E-state index contributed by atoms with van der Waals surface area (Å²) in [6, 6.07) is 9.33. The van der Waals surface area contributed by atoms with Crippen molar-refractivity contribution in [2.45, 2.75) is 12.8 Å². The summed E-state index contributed by atoms with van der Waals surface area (Å²) < 4.78 is 0. The summed E-state index contributed by atoms with van der Waals surface area (Å²) in [6.45, 7) is 0.385. The Morgan fingerprint density at radius 1 is 1.35 bits per heavy atom. The van der Waals surface area contributed by atoms with Crippen LogP contribution in [0.25, 0.3) is 10.9 Å². The molecule has 0 aliphatic heterocycles. The number of rotatable bonds is 5. The van der Waals surface area contributed by atoms with E-state index in [1.165, 1.54) is 4.90 Å². The quantitative estimate of drug-likeness (QED) is 0.375. The smallest absolute Gasteiger partial charge is 0.276 e. The number of nitrogens with zero attached hydrogens (tertiary/aromatic N) is 1. The Kier molecular flexibility index (Phi) is 4.37. The van der Waals surface area contributed by atoms with Gasteiger partial charge in [0.05, 0.1) is 0 Å². The Morgan fingerprint density at radius 3 is 2.75 bits per heavy atom. The van der Waals surface area contributed by atoms with E-state index in [0.29, 0.717) is 25.1 Å². The molecule has 2 aromatic rings. The molecule has 1 aromatic carbocycles. The zero-order valence-corrected chi connectivity index (χ0v) is 11.1. The molecule has 0 unspecified atom stereocenters. The molecule has 0 radical (unpaired) electrons. The van der Waals surface area contributed by atoms with Crippen LogP contribution in [0.3, 0.4) is 0 Å². The van der Waals surface area contributed by atoms with Crippen LogP contribution in [-0.4, -0.2) is 40.0 Å². The van der Waals surface area contributed by atoms with Crippen molar-refractivity contribution in [2.75, 3.05) is 13.2 Å². The minimum Gasteiger partial charge on any atom is -0.396 e. The summed E-state index contributed by atoms with van der Waals surface area (Å²) >= 11 is 0. The summed E-state index contributed by atoms with van der Waals surface area (Å²) in [4.78, 5) is 16.6. The van der Waals surface area contributed by atoms with E-state index in [-0.39, 0.29) is 18.5 Å². The Bertz CT molecular complexity index is 587. The molecule has 0 fully saturated rings. The average Bonchev–Trinajstić information content (AvgIpc) is 2.86. The average molecular weight is 274 g/mol. The van der Waals surface area contributed by atoms with Crippen LogP contribution < -0.4 is 5.73 Å². The number of aliphatic hydroxyl groups excluding tert-OH is 1. The number of carbonyl (C=O) groups excluding carboxylic acids is 1. The monoisotopic (exact) mass is 274 g/mol. The number of guanidine groups is 1. The van der Waals surface area contributed by atoms with Gasteiger partial charge >= 0.3 is 0 Å². The van der Waals surface area contributed by atoms with Gasteiger partial charge in [-0.3, -0.25) is 15.1 Å². The van der Waals surface area contributed by atoms with E-state index in [1.54, 1.807) is 6.07 Å². The Balaban J connectivity index is 2.20. The van der Waals surface area contributed by atoms with Crippen LogP contribution in [0.5, 0.6) is 0 Å². The zero-order valence-electron chi connectivity index (χ0n) is 11.1. The first-order valence-corrected chi connectivity index (χ1v) is 6.48. The molecule has 6 nitrogen and oxygen atoms in total. The summed E-state index contributed by atoms with van der Waals surface area (Å²) in [5.74, 6) is -0.613. The first-order valence-electron chi connectivity index (χ1n) is 6.48. The second kappa shape index (κ2) is 6.21. The lowest BCUT2D eigenvalue weighted by Gasteiger charge is -2.19. The predicted molar refractivity (Wildman–Crippen MR) is 77.6 cm³/mol. The van der Waals surface area contributed by atoms with Crippen molar-refractivity contribution in [3.63, 3.8) is 0 Å². The van der Waals surface area contributed by atoms with Crippen LogP contribution in [0.1, 0.15) is 23.3 Å². The normalized spacial score (nSPS) is 10.7. The highest BCUT2D eigenvalue weighted by atomic mass is 16.3. The fraction of sp³-hybridized carbons (Fsp3) is 0.286. The molecule has 6 heteroatoms. The zero-order chi connectivity index (χ0) is 14.5. The number of fused-ring (bicyclic) bond motifs is 1. The number of aromatic amines is 1. The van der Waals surface area contributed by atoms with Gasteiger partial charge in [0.1, 0.15) is 5.69 Å². The highest BCUT2D eigenvalue weighted by molar-refractivity contribution is 6.05. The van der Waals surface area contributed by atoms with Crippen molar-refractivity contribution >= 4 is 22.8 Å². The number of benzene rings is 1. The van der Waals surface area contributed by atoms with Crippen molar-refractivity contribution in [1.82, 2.24) is 9.88 Å². The van der Waals surface area contributed by atoms with E-state index in [9.17, 15) is 4.79 Å². The van der Waals surface area contributed by atoms with Gasteiger partial charge in [0.25, 0.3) is 5.91 Å². The van der Waals surface area contributed by atoms with Gasteiger partial charge in [-0.15, -0.1) is 0 Å². The maximum atomic E-state index is 12.4. The number of para-hydroxylation sites is 1. The minimum atomic E-state index is -0.327. The molecule has 0 aliphatic rings. The lowest BCUT2D eigenvalue weighted by atomic mass is 10.2. The number of nitrogens with two attached hydrogens (primary N) is 1. The number of hydrogen-bond acceptors (Lipinski definition) is 3. The number of nitrogens with one attached hydrogen (secondary N) is 2. The standard InChI is InChI=1S/C14H18N4O2/c15-14(16)18(7-3-4-8-19)13(20)12-9-10-5-1-2-6-11(10)17-12/h1-2,5-6,9,17,19H,3-4,7-8H2,(H3,15,16). The summed E-state index contributed by atoms with van der Waals surface area (Å²) in [6.07, 6.45) is 1.17. The summed E-state index contributed by atoms with van der Waals surface area (Å²) in [7, 11) is 0. The molecule has 106 valence electrons. The molecule has 20 heavy (non-hydrogen) atoms. The van der Waals surface area contributed by atoms with Crippen molar-refractivity contribution in [1.29, 1.82) is 5.41 Å². The van der Waals surface area contributed by atoms with Crippen molar-refractivity contribution in [2.24, 2.45) is 5.73 Å². The van der Waals surface area contributed by atoms with Gasteiger partial charge in [-0.2, -0.15) is 0 Å². The van der Waals surface area contributed by atoms with Crippen molar-refractivity contribution in [3.05, 3.63) is 36.0 Å². The molecule has 0 saturated carbocycles. The van der Waals surface area contributed by atoms with Gasteiger partial charge in [-0.25, -0.2) is 0 Å². The second-order valence-corrected chi connectivity index (χ2v) is 4.54. The highest BCUT2D eigenvalue weighted by Gasteiger charge is 2.19. The molecule has 0 atom stereocenters. The summed E-state index contributed by atoms with van der Waals surface area (Å²) in [5, 5.41) is 17.2. The van der Waals surface area contributed by atoms with Gasteiger partial charge in [0.2, 0.25) is 0 Å². The molecule has 0 saturated heterocycles. The first-order chi connectivity index (χ1) is 9.63. The molecule has 1 aromatic heterocycles. The van der Waals surface area contributed by atoms with E-state index < -0.39 is 0 Å². The van der Waals surface area contributed by atoms with Crippen LogP contribution in [0.15, 0.2) is 30.3 Å². The minimum absolute atomic E-state index is 0.0618. The first kappa shape index (κ1) is 14.1. The molecule has 0 bridgehead atoms. The molecule has 2 rings (SSSR count). The molecular weight excluding hydrogens is 256 g/mol. The molecule has 1 amide bonds. The van der Waals surface area contributed by atoms with Crippen LogP contribution in [0.2, 0.25) is 0 Å². The number of H-pyrrole nitrogens is 1. The topological polar surface area (TPSA) is 106 Å². The maximum absolute atomic E-state index is 12.4. The lowest BCUT2D eigenvalue weighted by molar-refractivity contribution is 0.0836. The molecule has 5 N–H and O–H groups in total. The fourth-order valence-electron chi connectivity index (χ4n) is 2.05. The van der Waals surface area contributed by atoms with E-state index in [1.807, 2.05) is 24.3 Å². The van der Waals surface area contributed by atoms with Gasteiger partial charge in [-0.1, -0.05) is 18.2 Å². The van der Waals surface area contributed by atoms with E-state index >= 15 is 0 Å². The van der Waals surface area contributed by atoms with E-state index in [4.69, 9.17) is 16.2 Å². The highest BCUT2D eigenvalue weighted by Crippen LogP contribution is 2.16. The lowest BCUT2D eigenvalue weighted by Crippen LogP contribution is -2.42.